The van der Waals surface area contributed by atoms with E-state index in [0.29, 0.717) is 16.8 Å². The molecule has 1 heterocycles. The number of carbonyl (C=O) groups is 1. The van der Waals surface area contributed by atoms with Crippen LogP contribution in [-0.2, 0) is 4.74 Å². The molecule has 0 aliphatic heterocycles. The van der Waals surface area contributed by atoms with Crippen LogP contribution in [0.1, 0.15) is 16.2 Å². The Morgan fingerprint density at radius 2 is 2.27 bits per heavy atom. The first-order valence-electron chi connectivity index (χ1n) is 4.46. The number of rotatable bonds is 1. The van der Waals surface area contributed by atoms with Gasteiger partial charge in [0.1, 0.15) is 11.3 Å². The molecule has 1 aromatic heterocycles. The molecule has 3 N–H and O–H groups in total. The number of carbonyl (C=O) groups excluding carboxylic acids is 1. The van der Waals surface area contributed by atoms with E-state index in [-0.39, 0.29) is 0 Å². The molecular formula is C10H11N3O2. The van der Waals surface area contributed by atoms with Crippen LogP contribution in [0.25, 0.3) is 11.0 Å². The number of nitrogens with two attached hydrogens (primary N) is 1. The van der Waals surface area contributed by atoms with Gasteiger partial charge in [-0.25, -0.2) is 9.78 Å². The van der Waals surface area contributed by atoms with E-state index in [9.17, 15) is 4.79 Å². The number of nitrogens with zero attached hydrogens (tertiary/aromatic N) is 1. The van der Waals surface area contributed by atoms with Crippen LogP contribution in [0, 0.1) is 6.92 Å². The first-order valence-corrected chi connectivity index (χ1v) is 4.46. The Morgan fingerprint density at radius 1 is 1.53 bits per heavy atom. The monoisotopic (exact) mass is 205 g/mol. The van der Waals surface area contributed by atoms with Crippen molar-refractivity contribution in [3.05, 3.63) is 23.5 Å². The number of hydrogen-bond donors (Lipinski definition) is 2. The summed E-state index contributed by atoms with van der Waals surface area (Å²) in [5.74, 6) is 0.305. The number of H-pyrrole nitrogens is 1. The summed E-state index contributed by atoms with van der Waals surface area (Å²) in [6.45, 7) is 1.82. The highest BCUT2D eigenvalue weighted by molar-refractivity contribution is 6.03. The summed E-state index contributed by atoms with van der Waals surface area (Å²) in [4.78, 5) is 18.7. The number of benzene rings is 1. The zero-order chi connectivity index (χ0) is 11.0. The Labute approximate surface area is 86.3 Å². The van der Waals surface area contributed by atoms with Crippen LogP contribution in [0.3, 0.4) is 0 Å². The summed E-state index contributed by atoms with van der Waals surface area (Å²) in [6, 6.07) is 3.30. The summed E-state index contributed by atoms with van der Waals surface area (Å²) >= 11 is 0. The van der Waals surface area contributed by atoms with Crippen molar-refractivity contribution in [2.75, 3.05) is 12.8 Å². The summed E-state index contributed by atoms with van der Waals surface area (Å²) in [5.41, 5.74) is 7.90. The van der Waals surface area contributed by atoms with Crippen LogP contribution >= 0.6 is 0 Å². The van der Waals surface area contributed by atoms with Crippen LogP contribution in [-0.4, -0.2) is 23.0 Å². The molecule has 5 nitrogen and oxygen atoms in total. The molecule has 1 aromatic carbocycles. The van der Waals surface area contributed by atoms with Gasteiger partial charge >= 0.3 is 5.97 Å². The largest absolute Gasteiger partial charge is 0.465 e. The fraction of sp³-hybridized carbons (Fsp3) is 0.200. The van der Waals surface area contributed by atoms with Gasteiger partial charge in [0.05, 0.1) is 18.2 Å². The third-order valence-corrected chi connectivity index (χ3v) is 2.13. The van der Waals surface area contributed by atoms with Crippen molar-refractivity contribution in [2.24, 2.45) is 0 Å². The van der Waals surface area contributed by atoms with Gasteiger partial charge in [-0.1, -0.05) is 0 Å². The molecular weight excluding hydrogens is 194 g/mol. The number of fused-ring (bicyclic) bond motifs is 1. The minimum atomic E-state index is -0.432. The molecule has 0 bridgehead atoms. The van der Waals surface area contributed by atoms with Crippen molar-refractivity contribution < 1.29 is 9.53 Å². The van der Waals surface area contributed by atoms with Crippen LogP contribution in [0.5, 0.6) is 0 Å². The van der Waals surface area contributed by atoms with E-state index in [4.69, 9.17) is 5.73 Å². The molecule has 15 heavy (non-hydrogen) atoms. The Bertz CT molecular complexity index is 531. The molecule has 0 fully saturated rings. The predicted molar refractivity (Wildman–Crippen MR) is 56.6 cm³/mol. The molecule has 0 atom stereocenters. The first-order chi connectivity index (χ1) is 7.11. The number of nitrogens with one attached hydrogen (secondary N) is 1. The quantitative estimate of drug-likeness (QED) is 0.542. The molecule has 78 valence electrons. The maximum atomic E-state index is 11.5. The first kappa shape index (κ1) is 9.51. The molecule has 0 aliphatic rings. The number of nitrogen functional groups attached to an aromatic ring is 1. The van der Waals surface area contributed by atoms with E-state index >= 15 is 0 Å². The molecule has 5 heteroatoms. The lowest BCUT2D eigenvalue weighted by atomic mass is 10.1. The zero-order valence-electron chi connectivity index (χ0n) is 8.50. The van der Waals surface area contributed by atoms with Crippen molar-refractivity contribution in [1.82, 2.24) is 9.97 Å². The SMILES string of the molecule is COC(=O)c1cc(N)cc2[nH]c(C)nc12. The van der Waals surface area contributed by atoms with Gasteiger partial charge in [-0.05, 0) is 19.1 Å². The lowest BCUT2D eigenvalue weighted by Crippen LogP contribution is -2.03. The number of aromatic nitrogens is 2. The van der Waals surface area contributed by atoms with Gasteiger partial charge in [-0.15, -0.1) is 0 Å². The van der Waals surface area contributed by atoms with Crippen molar-refractivity contribution in [1.29, 1.82) is 0 Å². The van der Waals surface area contributed by atoms with Gasteiger partial charge in [-0.3, -0.25) is 0 Å². The number of methoxy groups -OCH3 is 1. The maximum Gasteiger partial charge on any atom is 0.340 e. The van der Waals surface area contributed by atoms with E-state index in [0.717, 1.165) is 11.3 Å². The minimum absolute atomic E-state index is 0.386. The van der Waals surface area contributed by atoms with Crippen molar-refractivity contribution in [2.45, 2.75) is 6.92 Å². The molecule has 2 rings (SSSR count). The Balaban J connectivity index is 2.75. The second kappa shape index (κ2) is 3.27. The molecule has 0 unspecified atom stereocenters. The van der Waals surface area contributed by atoms with Gasteiger partial charge in [0.25, 0.3) is 0 Å². The Kier molecular flexibility index (Phi) is 2.07. The van der Waals surface area contributed by atoms with Gasteiger partial charge in [0.2, 0.25) is 0 Å². The van der Waals surface area contributed by atoms with Crippen LogP contribution in [0.15, 0.2) is 12.1 Å². The maximum absolute atomic E-state index is 11.5. The van der Waals surface area contributed by atoms with E-state index < -0.39 is 5.97 Å². The van der Waals surface area contributed by atoms with Crippen LogP contribution < -0.4 is 5.73 Å². The zero-order valence-corrected chi connectivity index (χ0v) is 8.50. The highest BCUT2D eigenvalue weighted by Crippen LogP contribution is 2.21. The van der Waals surface area contributed by atoms with Gasteiger partial charge in [0, 0.05) is 5.69 Å². The molecule has 0 spiro atoms. The smallest absolute Gasteiger partial charge is 0.340 e. The third-order valence-electron chi connectivity index (χ3n) is 2.13. The van der Waals surface area contributed by atoms with E-state index in [1.54, 1.807) is 12.1 Å². The number of aryl methyl sites for hydroxylation is 1. The minimum Gasteiger partial charge on any atom is -0.465 e. The molecule has 0 saturated carbocycles. The highest BCUT2D eigenvalue weighted by Gasteiger charge is 2.14. The number of hydrogen-bond acceptors (Lipinski definition) is 4. The van der Waals surface area contributed by atoms with E-state index in [1.165, 1.54) is 7.11 Å². The Hall–Kier alpha value is -2.04. The molecule has 0 radical (unpaired) electrons. The number of aromatic amines is 1. The summed E-state index contributed by atoms with van der Waals surface area (Å²) in [7, 11) is 1.33. The molecule has 2 aromatic rings. The topological polar surface area (TPSA) is 81.0 Å². The van der Waals surface area contributed by atoms with Gasteiger partial charge in [-0.2, -0.15) is 0 Å². The van der Waals surface area contributed by atoms with Crippen LogP contribution in [0.2, 0.25) is 0 Å². The standard InChI is InChI=1S/C10H11N3O2/c1-5-12-8-4-6(11)3-7(9(8)13-5)10(14)15-2/h3-4H,11H2,1-2H3,(H,12,13). The van der Waals surface area contributed by atoms with E-state index in [2.05, 4.69) is 14.7 Å². The second-order valence-electron chi connectivity index (χ2n) is 3.28. The van der Waals surface area contributed by atoms with Crippen molar-refractivity contribution in [3.63, 3.8) is 0 Å². The average Bonchev–Trinajstić information content (AvgIpc) is 2.55. The normalized spacial score (nSPS) is 10.5. The second-order valence-corrected chi connectivity index (χ2v) is 3.28. The number of ether oxygens (including phenoxy) is 1. The van der Waals surface area contributed by atoms with Gasteiger partial charge < -0.3 is 15.5 Å². The van der Waals surface area contributed by atoms with E-state index in [1.807, 2.05) is 6.92 Å². The Morgan fingerprint density at radius 3 is 2.93 bits per heavy atom. The average molecular weight is 205 g/mol. The van der Waals surface area contributed by atoms with Crippen molar-refractivity contribution in [3.8, 4) is 0 Å². The summed E-state index contributed by atoms with van der Waals surface area (Å²) in [5, 5.41) is 0. The molecule has 0 aliphatic carbocycles. The predicted octanol–water partition coefficient (Wildman–Crippen LogP) is 1.24. The number of esters is 1. The highest BCUT2D eigenvalue weighted by atomic mass is 16.5. The van der Waals surface area contributed by atoms with Crippen LogP contribution in [0.4, 0.5) is 5.69 Å². The van der Waals surface area contributed by atoms with Gasteiger partial charge in [0.15, 0.2) is 0 Å². The third kappa shape index (κ3) is 1.52. The number of anilines is 1. The van der Waals surface area contributed by atoms with Crippen molar-refractivity contribution >= 4 is 22.7 Å². The summed E-state index contributed by atoms with van der Waals surface area (Å²) in [6.07, 6.45) is 0. The fourth-order valence-corrected chi connectivity index (χ4v) is 1.53. The summed E-state index contributed by atoms with van der Waals surface area (Å²) < 4.78 is 4.66. The molecule has 0 saturated heterocycles. The molecule has 0 amide bonds. The lowest BCUT2D eigenvalue weighted by molar-refractivity contribution is 0.0603. The lowest BCUT2D eigenvalue weighted by Gasteiger charge is -2.01. The fourth-order valence-electron chi connectivity index (χ4n) is 1.53. The number of imidazole rings is 1.